The second-order valence-electron chi connectivity index (χ2n) is 26.5. The number of hydrogen-bond acceptors (Lipinski definition) is 4. The Kier molecular flexibility index (Phi) is 25.4. The highest BCUT2D eigenvalue weighted by Gasteiger charge is 2.26. The summed E-state index contributed by atoms with van der Waals surface area (Å²) in [6.07, 6.45) is 12.7. The average Bonchev–Trinajstić information content (AvgIpc) is 4.37. The summed E-state index contributed by atoms with van der Waals surface area (Å²) >= 11 is 0. The monoisotopic (exact) mass is 1130 g/mol. The maximum atomic E-state index is 5.89. The lowest BCUT2D eigenvalue weighted by molar-refractivity contribution is 0.127. The number of aryl methyl sites for hydroxylation is 1. The summed E-state index contributed by atoms with van der Waals surface area (Å²) in [6.45, 7) is 34.8. The summed E-state index contributed by atoms with van der Waals surface area (Å²) in [7, 11) is 0. The van der Waals surface area contributed by atoms with Crippen molar-refractivity contribution in [1.29, 1.82) is 0 Å². The number of fused-ring (bicyclic) bond motifs is 6. The van der Waals surface area contributed by atoms with E-state index in [1.165, 1.54) is 77.6 Å². The van der Waals surface area contributed by atoms with E-state index in [1.807, 2.05) is 24.3 Å². The largest absolute Gasteiger partial charge is 0.493 e. The first-order valence-corrected chi connectivity index (χ1v) is 32.3. The third kappa shape index (κ3) is 19.6. The van der Waals surface area contributed by atoms with Crippen LogP contribution in [0, 0.1) is 41.4 Å². The summed E-state index contributed by atoms with van der Waals surface area (Å²) in [5.41, 5.74) is 16.2. The van der Waals surface area contributed by atoms with Gasteiger partial charge in [-0.2, -0.15) is 0 Å². The van der Waals surface area contributed by atoms with E-state index in [9.17, 15) is 0 Å². The zero-order valence-electron chi connectivity index (χ0n) is 54.1. The Hall–Kier alpha value is -6.36. The molecule has 7 aromatic carbocycles. The molecule has 0 amide bonds. The molecule has 13 rings (SSSR count). The van der Waals surface area contributed by atoms with Crippen molar-refractivity contribution in [2.24, 2.45) is 41.4 Å². The molecule has 4 aliphatic heterocycles. The van der Waals surface area contributed by atoms with Gasteiger partial charge in [-0.3, -0.25) is 4.90 Å². The van der Waals surface area contributed by atoms with E-state index in [0.717, 1.165) is 61.5 Å². The van der Waals surface area contributed by atoms with Gasteiger partial charge >= 0.3 is 0 Å². The predicted molar refractivity (Wildman–Crippen MR) is 359 cm³/mol. The van der Waals surface area contributed by atoms with Gasteiger partial charge in [-0.15, -0.1) is 0 Å². The quantitative estimate of drug-likeness (QED) is 0.159. The SMILES string of the molecule is CC(C)C1=Cc2ccccc2C1.CC(C)C1CCc2ccccc2O1.CC(C)C1COc2ccccc2C1.CC(C)C1Cc2ccccc2C1.CC(C)C1Cc2ccccc2O1.CC(C)N1CCc2ccccc2C1.CC(C)c1ccccc1. The normalized spacial score (nSPS) is 17.8. The molecule has 0 N–H and O–H groups in total. The van der Waals surface area contributed by atoms with E-state index < -0.39 is 0 Å². The smallest absolute Gasteiger partial charge is 0.123 e. The van der Waals surface area contributed by atoms with E-state index in [2.05, 4.69) is 260 Å². The molecule has 7 aromatic rings. The van der Waals surface area contributed by atoms with E-state index in [1.54, 1.807) is 22.3 Å². The average molecular weight is 1130 g/mol. The van der Waals surface area contributed by atoms with Gasteiger partial charge in [0.2, 0.25) is 0 Å². The number of benzene rings is 7. The van der Waals surface area contributed by atoms with Crippen LogP contribution in [-0.4, -0.2) is 36.3 Å². The molecule has 0 saturated carbocycles. The van der Waals surface area contributed by atoms with Gasteiger partial charge in [0.1, 0.15) is 29.5 Å². The lowest BCUT2D eigenvalue weighted by Gasteiger charge is -2.31. The molecule has 3 atom stereocenters. The van der Waals surface area contributed by atoms with Crippen LogP contribution >= 0.6 is 0 Å². The standard InChI is InChI=1S/C12H17N.2C12H16O.C12H16.C12H14.C11H14O.C9H12/c1-10(2)13-8-7-11-5-3-4-6-12(11)9-13;1-9(2)11-7-10-5-3-4-6-12(10)13-8-11;1-9(2)11-8-7-10-5-3-4-6-12(10)13-11;2*1-9(2)12-7-10-5-3-4-6-11(10)8-12;1-8(2)11-7-9-5-3-4-6-10(9)12-11;1-8(2)9-6-4-3-5-7-9/h3-6,10H,7-9H2,1-2H3;2*3-6,9,11H,7-8H2,1-2H3;3-6,9,12H,7-8H2,1-2H3;3-7,9H,8H2,1-2H3;3-6,8,11H,7H2,1-2H3;3-8H,1-2H3. The minimum Gasteiger partial charge on any atom is -0.493 e. The molecule has 84 heavy (non-hydrogen) atoms. The number of ether oxygens (including phenoxy) is 3. The molecule has 4 heteroatoms. The van der Waals surface area contributed by atoms with Crippen LogP contribution in [0.1, 0.15) is 165 Å². The Bertz CT molecular complexity index is 2800. The molecule has 4 heterocycles. The van der Waals surface area contributed by atoms with Crippen LogP contribution < -0.4 is 14.2 Å². The van der Waals surface area contributed by atoms with E-state index in [4.69, 9.17) is 14.2 Å². The van der Waals surface area contributed by atoms with Gasteiger partial charge in [0, 0.05) is 25.6 Å². The topological polar surface area (TPSA) is 30.9 Å². The second-order valence-corrected chi connectivity index (χ2v) is 26.5. The number of para-hydroxylation sites is 3. The Labute approximate surface area is 510 Å². The van der Waals surface area contributed by atoms with Crippen LogP contribution in [-0.2, 0) is 51.5 Å². The van der Waals surface area contributed by atoms with Gasteiger partial charge in [0.25, 0.3) is 0 Å². The molecule has 0 aromatic heterocycles. The van der Waals surface area contributed by atoms with Crippen LogP contribution in [0.2, 0.25) is 0 Å². The van der Waals surface area contributed by atoms with E-state index >= 15 is 0 Å². The summed E-state index contributed by atoms with van der Waals surface area (Å²) in [4.78, 5) is 2.53. The van der Waals surface area contributed by atoms with Gasteiger partial charge in [-0.25, -0.2) is 0 Å². The first kappa shape index (κ1) is 65.2. The highest BCUT2D eigenvalue weighted by molar-refractivity contribution is 5.63. The van der Waals surface area contributed by atoms with Crippen LogP contribution in [0.3, 0.4) is 0 Å². The number of hydrogen-bond donors (Lipinski definition) is 0. The molecular formula is C80H105NO3. The molecule has 4 nitrogen and oxygen atoms in total. The van der Waals surface area contributed by atoms with Gasteiger partial charge in [-0.1, -0.05) is 252 Å². The second kappa shape index (κ2) is 32.8. The summed E-state index contributed by atoms with van der Waals surface area (Å²) < 4.78 is 17.4. The minimum atomic E-state index is 0.391. The van der Waals surface area contributed by atoms with Crippen LogP contribution in [0.5, 0.6) is 17.2 Å². The summed E-state index contributed by atoms with van der Waals surface area (Å²) in [5.74, 6) is 8.96. The van der Waals surface area contributed by atoms with Crippen molar-refractivity contribution in [3.63, 3.8) is 0 Å². The Morgan fingerprint density at radius 1 is 0.381 bits per heavy atom. The Morgan fingerprint density at radius 3 is 1.37 bits per heavy atom. The van der Waals surface area contributed by atoms with Crippen LogP contribution in [0.15, 0.2) is 181 Å². The van der Waals surface area contributed by atoms with Crippen molar-refractivity contribution >= 4 is 6.08 Å². The molecule has 0 saturated heterocycles. The van der Waals surface area contributed by atoms with E-state index in [-0.39, 0.29) is 0 Å². The van der Waals surface area contributed by atoms with Gasteiger partial charge in [0.05, 0.1) is 6.61 Å². The fraction of sp³-hybridized carbons (Fsp3) is 0.450. The summed E-state index contributed by atoms with van der Waals surface area (Å²) in [6, 6.07) is 62.5. The number of nitrogens with zero attached hydrogens (tertiary/aromatic N) is 1. The predicted octanol–water partition coefficient (Wildman–Crippen LogP) is 20.2. The Balaban J connectivity index is 0.000000141. The molecule has 3 unspecified atom stereocenters. The fourth-order valence-corrected chi connectivity index (χ4v) is 11.7. The highest BCUT2D eigenvalue weighted by atomic mass is 16.5. The molecule has 0 spiro atoms. The third-order valence-electron chi connectivity index (χ3n) is 17.9. The summed E-state index contributed by atoms with van der Waals surface area (Å²) in [5, 5.41) is 0. The molecule has 448 valence electrons. The number of rotatable bonds is 7. The van der Waals surface area contributed by atoms with Crippen molar-refractivity contribution in [3.8, 4) is 17.2 Å². The van der Waals surface area contributed by atoms with Crippen molar-refractivity contribution in [2.45, 2.75) is 179 Å². The van der Waals surface area contributed by atoms with Gasteiger partial charge in [0.15, 0.2) is 0 Å². The van der Waals surface area contributed by atoms with Crippen molar-refractivity contribution in [2.75, 3.05) is 13.2 Å². The Morgan fingerprint density at radius 2 is 0.845 bits per heavy atom. The van der Waals surface area contributed by atoms with Gasteiger partial charge in [-0.05, 0) is 180 Å². The molecule has 0 bridgehead atoms. The third-order valence-corrected chi connectivity index (χ3v) is 17.9. The lowest BCUT2D eigenvalue weighted by Crippen LogP contribution is -2.35. The fourth-order valence-electron chi connectivity index (χ4n) is 11.7. The van der Waals surface area contributed by atoms with Crippen molar-refractivity contribution < 1.29 is 14.2 Å². The van der Waals surface area contributed by atoms with Crippen LogP contribution in [0.25, 0.3) is 6.08 Å². The van der Waals surface area contributed by atoms with Gasteiger partial charge < -0.3 is 14.2 Å². The number of allylic oxidation sites excluding steroid dienone is 1. The molecule has 0 fully saturated rings. The zero-order valence-corrected chi connectivity index (χ0v) is 54.1. The molecule has 2 aliphatic carbocycles. The molecular weight excluding hydrogens is 1020 g/mol. The van der Waals surface area contributed by atoms with Crippen LogP contribution in [0.4, 0.5) is 0 Å². The minimum absolute atomic E-state index is 0.391. The zero-order chi connectivity index (χ0) is 60.1. The van der Waals surface area contributed by atoms with E-state index in [0.29, 0.717) is 53.8 Å². The molecule has 0 radical (unpaired) electrons. The maximum Gasteiger partial charge on any atom is 0.123 e. The van der Waals surface area contributed by atoms with Crippen molar-refractivity contribution in [3.05, 3.63) is 237 Å². The molecule has 6 aliphatic rings. The first-order chi connectivity index (χ1) is 40.4. The maximum absolute atomic E-state index is 5.89. The lowest BCUT2D eigenvalue weighted by atomic mass is 9.88. The first-order valence-electron chi connectivity index (χ1n) is 32.3. The highest BCUT2D eigenvalue weighted by Crippen LogP contribution is 2.34. The van der Waals surface area contributed by atoms with Crippen molar-refractivity contribution in [1.82, 2.24) is 4.90 Å².